The summed E-state index contributed by atoms with van der Waals surface area (Å²) >= 11 is 0.987. The molecule has 2 aromatic heterocycles. The molecule has 9 nitrogen and oxygen atoms in total. The van der Waals surface area contributed by atoms with Crippen LogP contribution in [0, 0.1) is 0 Å². The number of piperazine rings is 1. The van der Waals surface area contributed by atoms with Crippen LogP contribution in [0.15, 0.2) is 51.9 Å². The van der Waals surface area contributed by atoms with Crippen LogP contribution in [0.1, 0.15) is 5.69 Å². The Labute approximate surface area is 176 Å². The van der Waals surface area contributed by atoms with Crippen molar-refractivity contribution in [1.29, 1.82) is 0 Å². The highest BCUT2D eigenvalue weighted by atomic mass is 32.2. The monoisotopic (exact) mass is 443 g/mol. The van der Waals surface area contributed by atoms with Gasteiger partial charge in [0.15, 0.2) is 5.58 Å². The fourth-order valence-corrected chi connectivity index (χ4v) is 5.80. The van der Waals surface area contributed by atoms with E-state index in [1.165, 1.54) is 4.31 Å². The smallest absolute Gasteiger partial charge is 0.245 e. The number of carbonyl (C=O) groups excluding carboxylic acids is 1. The van der Waals surface area contributed by atoms with Crippen LogP contribution in [0.2, 0.25) is 0 Å². The third-order valence-corrected chi connectivity index (χ3v) is 7.70. The molecule has 1 aliphatic rings. The Morgan fingerprint density at radius 1 is 1.03 bits per heavy atom. The van der Waals surface area contributed by atoms with Crippen LogP contribution in [0.3, 0.4) is 0 Å². The van der Waals surface area contributed by atoms with Gasteiger partial charge in [0.1, 0.15) is 21.6 Å². The Bertz CT molecular complexity index is 1340. The van der Waals surface area contributed by atoms with E-state index in [9.17, 15) is 13.2 Å². The number of amides is 1. The number of rotatable bonds is 4. The predicted molar refractivity (Wildman–Crippen MR) is 110 cm³/mol. The quantitative estimate of drug-likeness (QED) is 0.474. The average Bonchev–Trinajstić information content (AvgIpc) is 3.41. The standard InChI is InChI=1S/C19H17N5O4S2/c25-18(12-15-13-4-1-2-6-16(13)28-20-15)23-8-10-24(11-9-23)30(26,27)17-7-3-5-14-19(17)22-29-21-14/h1-7H,8-12H2. The summed E-state index contributed by atoms with van der Waals surface area (Å²) in [4.78, 5) is 14.6. The lowest BCUT2D eigenvalue weighted by molar-refractivity contribution is -0.131. The molecule has 1 saturated heterocycles. The average molecular weight is 444 g/mol. The molecule has 0 spiro atoms. The highest BCUT2D eigenvalue weighted by Crippen LogP contribution is 2.25. The van der Waals surface area contributed by atoms with Crippen molar-refractivity contribution in [3.05, 3.63) is 48.2 Å². The molecule has 0 unspecified atom stereocenters. The SMILES string of the molecule is O=C(Cc1noc2ccccc12)N1CCN(S(=O)(=O)c2cccc3nsnc23)CC1. The van der Waals surface area contributed by atoms with Crippen LogP contribution >= 0.6 is 11.7 Å². The molecule has 0 saturated carbocycles. The number of aromatic nitrogens is 3. The van der Waals surface area contributed by atoms with Crippen molar-refractivity contribution >= 4 is 49.7 Å². The van der Waals surface area contributed by atoms with E-state index in [-0.39, 0.29) is 30.3 Å². The molecule has 0 radical (unpaired) electrons. The van der Waals surface area contributed by atoms with Gasteiger partial charge in [-0.15, -0.1) is 0 Å². The predicted octanol–water partition coefficient (Wildman–Crippen LogP) is 1.91. The van der Waals surface area contributed by atoms with Crippen molar-refractivity contribution in [3.63, 3.8) is 0 Å². The Balaban J connectivity index is 1.29. The van der Waals surface area contributed by atoms with Crippen LogP contribution in [0.5, 0.6) is 0 Å². The van der Waals surface area contributed by atoms with Gasteiger partial charge in [0, 0.05) is 31.6 Å². The lowest BCUT2D eigenvalue weighted by Gasteiger charge is -2.34. The lowest BCUT2D eigenvalue weighted by Crippen LogP contribution is -2.50. The summed E-state index contributed by atoms with van der Waals surface area (Å²) in [6.45, 7) is 1.08. The molecular weight excluding hydrogens is 426 g/mol. The van der Waals surface area contributed by atoms with Gasteiger partial charge in [-0.3, -0.25) is 4.79 Å². The second kappa shape index (κ2) is 7.42. The minimum Gasteiger partial charge on any atom is -0.356 e. The molecule has 0 bridgehead atoms. The number of para-hydroxylation sites is 1. The summed E-state index contributed by atoms with van der Waals surface area (Å²) in [5, 5.41) is 4.82. The number of hydrogen-bond acceptors (Lipinski definition) is 8. The van der Waals surface area contributed by atoms with Crippen LogP contribution < -0.4 is 0 Å². The molecule has 30 heavy (non-hydrogen) atoms. The van der Waals surface area contributed by atoms with Gasteiger partial charge in [0.25, 0.3) is 0 Å². The fourth-order valence-electron chi connectivity index (χ4n) is 3.63. The molecular formula is C19H17N5O4S2. The maximum atomic E-state index is 13.1. The summed E-state index contributed by atoms with van der Waals surface area (Å²) in [6.07, 6.45) is 0.119. The van der Waals surface area contributed by atoms with Crippen LogP contribution in [0.25, 0.3) is 22.0 Å². The third-order valence-electron chi connectivity index (χ3n) is 5.23. The lowest BCUT2D eigenvalue weighted by atomic mass is 10.1. The molecule has 1 amide bonds. The molecule has 4 aromatic rings. The van der Waals surface area contributed by atoms with Crippen molar-refractivity contribution in [2.45, 2.75) is 11.3 Å². The van der Waals surface area contributed by atoms with E-state index in [1.54, 1.807) is 29.2 Å². The van der Waals surface area contributed by atoms with E-state index in [0.717, 1.165) is 17.1 Å². The summed E-state index contributed by atoms with van der Waals surface area (Å²) in [5.41, 5.74) is 2.18. The first-order chi connectivity index (χ1) is 14.5. The highest BCUT2D eigenvalue weighted by Gasteiger charge is 2.32. The van der Waals surface area contributed by atoms with Crippen molar-refractivity contribution < 1.29 is 17.7 Å². The van der Waals surface area contributed by atoms with Crippen molar-refractivity contribution in [2.24, 2.45) is 0 Å². The molecule has 3 heterocycles. The fraction of sp³-hybridized carbons (Fsp3) is 0.263. The molecule has 11 heteroatoms. The molecule has 1 fully saturated rings. The maximum Gasteiger partial charge on any atom is 0.245 e. The highest BCUT2D eigenvalue weighted by molar-refractivity contribution is 7.89. The number of sulfonamides is 1. The normalized spacial score (nSPS) is 15.8. The minimum absolute atomic E-state index is 0.100. The zero-order valence-electron chi connectivity index (χ0n) is 15.8. The Morgan fingerprint density at radius 3 is 2.67 bits per heavy atom. The number of benzene rings is 2. The Morgan fingerprint density at radius 2 is 1.83 bits per heavy atom. The van der Waals surface area contributed by atoms with E-state index < -0.39 is 10.0 Å². The number of fused-ring (bicyclic) bond motifs is 2. The molecule has 2 aromatic carbocycles. The van der Waals surface area contributed by atoms with E-state index in [4.69, 9.17) is 4.52 Å². The first-order valence-electron chi connectivity index (χ1n) is 9.36. The van der Waals surface area contributed by atoms with Gasteiger partial charge in [0.2, 0.25) is 15.9 Å². The van der Waals surface area contributed by atoms with E-state index in [1.807, 2.05) is 18.2 Å². The first-order valence-corrected chi connectivity index (χ1v) is 11.5. The molecule has 5 rings (SSSR count). The summed E-state index contributed by atoms with van der Waals surface area (Å²) in [5.74, 6) is -0.100. The summed E-state index contributed by atoms with van der Waals surface area (Å²) < 4.78 is 41.1. The van der Waals surface area contributed by atoms with Gasteiger partial charge in [-0.2, -0.15) is 13.1 Å². The van der Waals surface area contributed by atoms with Crippen molar-refractivity contribution in [1.82, 2.24) is 23.1 Å². The van der Waals surface area contributed by atoms with Gasteiger partial charge in [-0.05, 0) is 24.3 Å². The van der Waals surface area contributed by atoms with E-state index in [0.29, 0.717) is 35.4 Å². The molecule has 154 valence electrons. The van der Waals surface area contributed by atoms with Crippen LogP contribution in [-0.2, 0) is 21.2 Å². The number of nitrogens with zero attached hydrogens (tertiary/aromatic N) is 5. The number of carbonyl (C=O) groups is 1. The summed E-state index contributed by atoms with van der Waals surface area (Å²) in [6, 6.07) is 12.3. The molecule has 1 aliphatic heterocycles. The van der Waals surface area contributed by atoms with Gasteiger partial charge >= 0.3 is 0 Å². The minimum atomic E-state index is -3.71. The second-order valence-corrected chi connectivity index (χ2v) is 9.41. The second-order valence-electron chi connectivity index (χ2n) is 6.98. The van der Waals surface area contributed by atoms with E-state index in [2.05, 4.69) is 13.9 Å². The molecule has 0 aliphatic carbocycles. The third kappa shape index (κ3) is 3.24. The Kier molecular flexibility index (Phi) is 4.72. The van der Waals surface area contributed by atoms with Crippen molar-refractivity contribution in [2.75, 3.05) is 26.2 Å². The van der Waals surface area contributed by atoms with Crippen molar-refractivity contribution in [3.8, 4) is 0 Å². The zero-order chi connectivity index (χ0) is 20.7. The first kappa shape index (κ1) is 19.1. The van der Waals surface area contributed by atoms with Gasteiger partial charge in [-0.1, -0.05) is 23.4 Å². The maximum absolute atomic E-state index is 13.1. The van der Waals surface area contributed by atoms with Gasteiger partial charge in [-0.25, -0.2) is 8.42 Å². The topological polar surface area (TPSA) is 110 Å². The van der Waals surface area contributed by atoms with Gasteiger partial charge in [0.05, 0.1) is 18.1 Å². The Hall–Kier alpha value is -2.89. The number of hydrogen-bond donors (Lipinski definition) is 0. The zero-order valence-corrected chi connectivity index (χ0v) is 17.4. The van der Waals surface area contributed by atoms with Gasteiger partial charge < -0.3 is 9.42 Å². The molecule has 0 atom stereocenters. The van der Waals surface area contributed by atoms with Crippen LogP contribution in [-0.4, -0.2) is 63.6 Å². The largest absolute Gasteiger partial charge is 0.356 e. The molecule has 0 N–H and O–H groups in total. The summed E-state index contributed by atoms with van der Waals surface area (Å²) in [7, 11) is -3.71. The van der Waals surface area contributed by atoms with E-state index >= 15 is 0 Å². The van der Waals surface area contributed by atoms with Crippen LogP contribution in [0.4, 0.5) is 0 Å².